The van der Waals surface area contributed by atoms with Crippen LogP contribution in [0.3, 0.4) is 0 Å². The zero-order chi connectivity index (χ0) is 28.3. The molecule has 0 saturated heterocycles. The molecule has 11 nitrogen and oxygen atoms in total. The van der Waals surface area contributed by atoms with Crippen molar-refractivity contribution >= 4 is 21.7 Å². The lowest BCUT2D eigenvalue weighted by Crippen LogP contribution is -2.41. The summed E-state index contributed by atoms with van der Waals surface area (Å²) < 4.78 is 48.6. The highest BCUT2D eigenvalue weighted by atomic mass is 32.2. The lowest BCUT2D eigenvalue weighted by atomic mass is 10.2. The molecule has 13 heteroatoms. The van der Waals surface area contributed by atoms with E-state index in [9.17, 15) is 17.6 Å². The summed E-state index contributed by atoms with van der Waals surface area (Å²) in [5.74, 6) is -0.668. The Labute approximate surface area is 229 Å². The molecule has 1 amide bonds. The van der Waals surface area contributed by atoms with Crippen LogP contribution >= 0.6 is 0 Å². The highest BCUT2D eigenvalue weighted by Gasteiger charge is 2.23. The molecule has 5 rings (SSSR count). The SMILES string of the molecule is Cc1ccc(S(=O)(=O)NC(C)C(=O)Nc2ccnc(-c3cc(-c4ccon4)n(Cc4ccccc4F)n3)n2)cc1. The van der Waals surface area contributed by atoms with Crippen molar-refractivity contribution in [1.82, 2.24) is 29.6 Å². The van der Waals surface area contributed by atoms with Crippen molar-refractivity contribution in [3.63, 3.8) is 0 Å². The van der Waals surface area contributed by atoms with E-state index in [1.807, 2.05) is 6.92 Å². The van der Waals surface area contributed by atoms with Gasteiger partial charge in [-0.2, -0.15) is 9.82 Å². The molecule has 0 saturated carbocycles. The molecule has 1 atom stereocenters. The maximum absolute atomic E-state index is 14.4. The van der Waals surface area contributed by atoms with Crippen LogP contribution in [-0.4, -0.2) is 45.3 Å². The second-order valence-electron chi connectivity index (χ2n) is 8.96. The van der Waals surface area contributed by atoms with Crippen molar-refractivity contribution in [3.8, 4) is 22.9 Å². The fourth-order valence-corrected chi connectivity index (χ4v) is 5.05. The van der Waals surface area contributed by atoms with Crippen LogP contribution in [0.2, 0.25) is 0 Å². The first kappa shape index (κ1) is 26.8. The van der Waals surface area contributed by atoms with Gasteiger partial charge in [0.15, 0.2) is 5.82 Å². The normalized spacial score (nSPS) is 12.3. The highest BCUT2D eigenvalue weighted by Crippen LogP contribution is 2.25. The van der Waals surface area contributed by atoms with Crippen molar-refractivity contribution in [2.24, 2.45) is 0 Å². The van der Waals surface area contributed by atoms with E-state index in [2.05, 4.69) is 30.3 Å². The zero-order valence-electron chi connectivity index (χ0n) is 21.4. The molecule has 2 N–H and O–H groups in total. The molecular formula is C27H24FN7O4S. The molecular weight excluding hydrogens is 537 g/mol. The largest absolute Gasteiger partial charge is 0.364 e. The van der Waals surface area contributed by atoms with Gasteiger partial charge in [-0.3, -0.25) is 9.48 Å². The molecule has 0 radical (unpaired) electrons. The second kappa shape index (κ2) is 11.2. The number of sulfonamides is 1. The van der Waals surface area contributed by atoms with E-state index in [-0.39, 0.29) is 28.9 Å². The molecule has 0 aliphatic rings. The topological polar surface area (TPSA) is 145 Å². The van der Waals surface area contributed by atoms with Gasteiger partial charge in [-0.15, -0.1) is 0 Å². The number of nitrogens with one attached hydrogen (secondary N) is 2. The quantitative estimate of drug-likeness (QED) is 0.277. The lowest BCUT2D eigenvalue weighted by Gasteiger charge is -2.14. The van der Waals surface area contributed by atoms with Crippen molar-refractivity contribution in [2.45, 2.75) is 31.3 Å². The number of halogens is 1. The van der Waals surface area contributed by atoms with Crippen molar-refractivity contribution in [2.75, 3.05) is 5.32 Å². The average Bonchev–Trinajstić information content (AvgIpc) is 3.60. The van der Waals surface area contributed by atoms with Gasteiger partial charge in [0, 0.05) is 17.8 Å². The van der Waals surface area contributed by atoms with Crippen LogP contribution in [0, 0.1) is 12.7 Å². The number of benzene rings is 2. The molecule has 2 aromatic carbocycles. The third-order valence-electron chi connectivity index (χ3n) is 5.95. The zero-order valence-corrected chi connectivity index (χ0v) is 22.3. The maximum atomic E-state index is 14.4. The molecule has 0 aliphatic carbocycles. The second-order valence-corrected chi connectivity index (χ2v) is 10.7. The molecule has 5 aromatic rings. The van der Waals surface area contributed by atoms with Crippen molar-refractivity contribution in [3.05, 3.63) is 96.1 Å². The molecule has 0 fully saturated rings. The summed E-state index contributed by atoms with van der Waals surface area (Å²) in [6.45, 7) is 3.39. The Balaban J connectivity index is 1.36. The van der Waals surface area contributed by atoms with Gasteiger partial charge in [-0.1, -0.05) is 41.1 Å². The third-order valence-corrected chi connectivity index (χ3v) is 7.51. The molecule has 3 heterocycles. The van der Waals surface area contributed by atoms with E-state index in [4.69, 9.17) is 4.52 Å². The molecule has 40 heavy (non-hydrogen) atoms. The van der Waals surface area contributed by atoms with Crippen molar-refractivity contribution < 1.29 is 22.1 Å². The van der Waals surface area contributed by atoms with Gasteiger partial charge < -0.3 is 9.84 Å². The standard InChI is InChI=1S/C27H24FN7O4S/c1-17-7-9-20(10-8-17)40(37,38)34-18(2)27(36)31-25-11-13-29-26(30-25)23-15-24(22-12-14-39-33-22)35(32-23)16-19-5-3-4-6-21(19)28/h3-15,18,34H,16H2,1-2H3,(H,29,30,31,36). The number of hydrogen-bond donors (Lipinski definition) is 2. The summed E-state index contributed by atoms with van der Waals surface area (Å²) in [5, 5.41) is 11.1. The summed E-state index contributed by atoms with van der Waals surface area (Å²) in [4.78, 5) is 21.5. The Hall–Kier alpha value is -4.75. The van der Waals surface area contributed by atoms with E-state index in [1.165, 1.54) is 43.6 Å². The fraction of sp³-hybridized carbons (Fsp3) is 0.148. The van der Waals surface area contributed by atoms with Crippen LogP contribution in [-0.2, 0) is 21.4 Å². The minimum atomic E-state index is -3.91. The monoisotopic (exact) mass is 561 g/mol. The third kappa shape index (κ3) is 5.95. The van der Waals surface area contributed by atoms with E-state index in [1.54, 1.807) is 47.1 Å². The first-order valence-corrected chi connectivity index (χ1v) is 13.6. The molecule has 0 aliphatic heterocycles. The van der Waals surface area contributed by atoms with E-state index in [0.717, 1.165) is 5.56 Å². The van der Waals surface area contributed by atoms with Gasteiger partial charge in [-0.05, 0) is 44.2 Å². The lowest BCUT2D eigenvalue weighted by molar-refractivity contribution is -0.117. The summed E-state index contributed by atoms with van der Waals surface area (Å²) in [6.07, 6.45) is 2.85. The Morgan fingerprint density at radius 3 is 2.58 bits per heavy atom. The number of aromatic nitrogens is 5. The van der Waals surface area contributed by atoms with Crippen LogP contribution in [0.15, 0.2) is 88.6 Å². The minimum absolute atomic E-state index is 0.0518. The predicted octanol–water partition coefficient (Wildman–Crippen LogP) is 3.80. The van der Waals surface area contributed by atoms with Crippen LogP contribution < -0.4 is 10.0 Å². The van der Waals surface area contributed by atoms with Gasteiger partial charge in [0.1, 0.15) is 29.3 Å². The number of anilines is 1. The predicted molar refractivity (Wildman–Crippen MR) is 144 cm³/mol. The summed E-state index contributed by atoms with van der Waals surface area (Å²) in [7, 11) is -3.91. The first-order chi connectivity index (χ1) is 19.2. The van der Waals surface area contributed by atoms with Gasteiger partial charge >= 0.3 is 0 Å². The first-order valence-electron chi connectivity index (χ1n) is 12.1. The van der Waals surface area contributed by atoms with Crippen LogP contribution in [0.4, 0.5) is 10.2 Å². The Morgan fingerprint density at radius 1 is 1.07 bits per heavy atom. The van der Waals surface area contributed by atoms with E-state index in [0.29, 0.717) is 22.6 Å². The Kier molecular flexibility index (Phi) is 7.49. The smallest absolute Gasteiger partial charge is 0.243 e. The molecule has 0 spiro atoms. The van der Waals surface area contributed by atoms with Crippen LogP contribution in [0.5, 0.6) is 0 Å². The van der Waals surface area contributed by atoms with Gasteiger partial charge in [-0.25, -0.2) is 22.8 Å². The maximum Gasteiger partial charge on any atom is 0.243 e. The molecule has 0 bridgehead atoms. The van der Waals surface area contributed by atoms with Gasteiger partial charge in [0.2, 0.25) is 15.9 Å². The van der Waals surface area contributed by atoms with Gasteiger partial charge in [0.25, 0.3) is 0 Å². The highest BCUT2D eigenvalue weighted by molar-refractivity contribution is 7.89. The molecule has 204 valence electrons. The summed E-state index contributed by atoms with van der Waals surface area (Å²) >= 11 is 0. The number of aryl methyl sites for hydroxylation is 1. The number of rotatable bonds is 9. The van der Waals surface area contributed by atoms with Crippen molar-refractivity contribution in [1.29, 1.82) is 0 Å². The van der Waals surface area contributed by atoms with Gasteiger partial charge in [0.05, 0.1) is 23.2 Å². The number of nitrogens with zero attached hydrogens (tertiary/aromatic N) is 5. The number of carbonyl (C=O) groups excluding carboxylic acids is 1. The molecule has 3 aromatic heterocycles. The summed E-state index contributed by atoms with van der Waals surface area (Å²) in [6, 6.07) is 16.4. The average molecular weight is 562 g/mol. The number of amides is 1. The van der Waals surface area contributed by atoms with E-state index < -0.39 is 22.0 Å². The Morgan fingerprint density at radius 2 is 1.85 bits per heavy atom. The van der Waals surface area contributed by atoms with Crippen LogP contribution in [0.25, 0.3) is 22.9 Å². The molecule has 1 unspecified atom stereocenters. The summed E-state index contributed by atoms with van der Waals surface area (Å²) in [5.41, 5.74) is 2.71. The minimum Gasteiger partial charge on any atom is -0.364 e. The number of carbonyl (C=O) groups is 1. The number of hydrogen-bond acceptors (Lipinski definition) is 8. The van der Waals surface area contributed by atoms with E-state index >= 15 is 0 Å². The Bertz CT molecular complexity index is 1750. The van der Waals surface area contributed by atoms with Crippen LogP contribution in [0.1, 0.15) is 18.1 Å². The fourth-order valence-electron chi connectivity index (χ4n) is 3.84.